The minimum atomic E-state index is -0.371. The van der Waals surface area contributed by atoms with E-state index in [-0.39, 0.29) is 10.6 Å². The van der Waals surface area contributed by atoms with Crippen LogP contribution < -0.4 is 5.73 Å². The number of nitrogens with two attached hydrogens (primary N) is 1. The Morgan fingerprint density at radius 2 is 1.40 bits per heavy atom. The van der Waals surface area contributed by atoms with Gasteiger partial charge in [0.1, 0.15) is 0 Å². The topological polar surface area (TPSA) is 69.2 Å². The van der Waals surface area contributed by atoms with Crippen molar-refractivity contribution in [3.05, 3.63) is 60.8 Å². The van der Waals surface area contributed by atoms with E-state index < -0.39 is 0 Å². The van der Waals surface area contributed by atoms with Crippen LogP contribution in [0.5, 0.6) is 0 Å². The smallest absolute Gasteiger partial charge is 0.283 e. The maximum Gasteiger partial charge on any atom is 0.283 e. The monoisotopic (exact) mass is 720 g/mol. The molecular weight excluding hydrogens is 712 g/mol. The first-order valence-corrected chi connectivity index (χ1v) is 9.42. The molecule has 106 valence electrons. The number of nitro groups is 1. The van der Waals surface area contributed by atoms with Crippen LogP contribution in [0, 0.1) is 24.4 Å². The molecule has 0 aliphatic carbocycles. The fraction of sp³-hybridized carbons (Fsp3) is 0. The number of anilines is 1. The highest BCUT2D eigenvalue weighted by molar-refractivity contribution is 14.1. The van der Waals surface area contributed by atoms with Gasteiger partial charge in [-0.15, -0.1) is 0 Å². The highest BCUT2D eigenvalue weighted by atomic mass is 127. The van der Waals surface area contributed by atoms with Crippen LogP contribution in [0.1, 0.15) is 0 Å². The molecular formula is C12H8I4N2O2. The fourth-order valence-electron chi connectivity index (χ4n) is 1.14. The van der Waals surface area contributed by atoms with Gasteiger partial charge in [-0.05, 0) is 121 Å². The van der Waals surface area contributed by atoms with Crippen molar-refractivity contribution < 1.29 is 4.92 Å². The SMILES string of the molecule is Nc1cc(I)ccc1I.O=[N+]([O-])c1cc(I)ccc1I. The van der Waals surface area contributed by atoms with Crippen LogP contribution in [0.2, 0.25) is 0 Å². The number of benzene rings is 2. The molecule has 0 atom stereocenters. The molecule has 0 aliphatic rings. The molecule has 0 radical (unpaired) electrons. The van der Waals surface area contributed by atoms with Crippen LogP contribution in [-0.4, -0.2) is 4.92 Å². The summed E-state index contributed by atoms with van der Waals surface area (Å²) in [5.74, 6) is 0. The number of hydrogen-bond acceptors (Lipinski definition) is 3. The number of nitro benzene ring substituents is 1. The molecule has 0 spiro atoms. The van der Waals surface area contributed by atoms with Gasteiger partial charge in [-0.25, -0.2) is 0 Å². The lowest BCUT2D eigenvalue weighted by Gasteiger charge is -1.95. The summed E-state index contributed by atoms with van der Waals surface area (Å²) >= 11 is 8.45. The predicted molar refractivity (Wildman–Crippen MR) is 115 cm³/mol. The molecule has 0 amide bonds. The first-order valence-electron chi connectivity index (χ1n) is 5.11. The molecule has 0 saturated carbocycles. The Bertz CT molecular complexity index is 635. The van der Waals surface area contributed by atoms with E-state index in [1.807, 2.05) is 69.4 Å². The van der Waals surface area contributed by atoms with Gasteiger partial charge in [0.2, 0.25) is 0 Å². The molecule has 2 rings (SSSR count). The molecule has 0 heterocycles. The number of nitrogen functional groups attached to an aromatic ring is 1. The van der Waals surface area contributed by atoms with Crippen LogP contribution in [0.25, 0.3) is 0 Å². The van der Waals surface area contributed by atoms with Gasteiger partial charge in [0.25, 0.3) is 5.69 Å². The quantitative estimate of drug-likeness (QED) is 0.189. The highest BCUT2D eigenvalue weighted by Gasteiger charge is 2.10. The lowest BCUT2D eigenvalue weighted by atomic mass is 10.3. The largest absolute Gasteiger partial charge is 0.398 e. The number of nitrogens with zero attached hydrogens (tertiary/aromatic N) is 1. The van der Waals surface area contributed by atoms with E-state index >= 15 is 0 Å². The summed E-state index contributed by atoms with van der Waals surface area (Å²) in [5.41, 5.74) is 6.65. The van der Waals surface area contributed by atoms with Crippen LogP contribution in [0.4, 0.5) is 11.4 Å². The average molecular weight is 720 g/mol. The third-order valence-electron chi connectivity index (χ3n) is 2.06. The Morgan fingerprint density at radius 1 is 0.900 bits per heavy atom. The summed E-state index contributed by atoms with van der Waals surface area (Å²) in [6, 6.07) is 11.1. The van der Waals surface area contributed by atoms with E-state index in [1.165, 1.54) is 3.57 Å². The van der Waals surface area contributed by atoms with E-state index in [9.17, 15) is 10.1 Å². The summed E-state index contributed by atoms with van der Waals surface area (Å²) in [7, 11) is 0. The zero-order valence-electron chi connectivity index (χ0n) is 9.82. The zero-order valence-corrected chi connectivity index (χ0v) is 18.4. The van der Waals surface area contributed by atoms with E-state index in [1.54, 1.807) is 12.1 Å². The van der Waals surface area contributed by atoms with E-state index in [0.717, 1.165) is 12.8 Å². The molecule has 2 aromatic rings. The normalized spacial score (nSPS) is 9.60. The molecule has 0 unspecified atom stereocenters. The summed E-state index contributed by atoms with van der Waals surface area (Å²) in [5, 5.41) is 10.4. The van der Waals surface area contributed by atoms with Crippen LogP contribution in [0.15, 0.2) is 36.4 Å². The molecule has 2 aromatic carbocycles. The van der Waals surface area contributed by atoms with Crippen molar-refractivity contribution in [1.29, 1.82) is 0 Å². The first-order chi connectivity index (χ1) is 9.31. The fourth-order valence-corrected chi connectivity index (χ4v) is 3.00. The second-order valence-corrected chi connectivity index (χ2v) is 8.33. The van der Waals surface area contributed by atoms with Crippen molar-refractivity contribution in [3.8, 4) is 0 Å². The summed E-state index contributed by atoms with van der Waals surface area (Å²) in [4.78, 5) is 10.0. The first kappa shape index (κ1) is 18.6. The Balaban J connectivity index is 0.000000204. The van der Waals surface area contributed by atoms with Crippen molar-refractivity contribution in [3.63, 3.8) is 0 Å². The third-order valence-corrected chi connectivity index (χ3v) is 5.30. The Hall–Kier alpha value is 0.560. The number of hydrogen-bond donors (Lipinski definition) is 1. The molecule has 0 aliphatic heterocycles. The van der Waals surface area contributed by atoms with Gasteiger partial charge >= 0.3 is 0 Å². The van der Waals surface area contributed by atoms with Gasteiger partial charge in [0.05, 0.1) is 8.49 Å². The van der Waals surface area contributed by atoms with Gasteiger partial charge in [0.15, 0.2) is 0 Å². The van der Waals surface area contributed by atoms with Crippen LogP contribution >= 0.6 is 90.4 Å². The molecule has 0 fully saturated rings. The lowest BCUT2D eigenvalue weighted by Crippen LogP contribution is -1.91. The second kappa shape index (κ2) is 8.87. The highest BCUT2D eigenvalue weighted by Crippen LogP contribution is 2.22. The maximum atomic E-state index is 10.4. The van der Waals surface area contributed by atoms with E-state index in [2.05, 4.69) is 45.2 Å². The molecule has 0 saturated heterocycles. The molecule has 0 bridgehead atoms. The minimum Gasteiger partial charge on any atom is -0.398 e. The molecule has 20 heavy (non-hydrogen) atoms. The van der Waals surface area contributed by atoms with Crippen molar-refractivity contribution in [2.75, 3.05) is 5.73 Å². The standard InChI is InChI=1S/C6H3I2NO2.C6H5I2N/c7-4-1-2-5(8)6(3-4)9(10)11;7-4-1-2-5(8)6(9)3-4/h1-3H;1-3H,9H2. The van der Waals surface area contributed by atoms with E-state index in [4.69, 9.17) is 5.73 Å². The Labute approximate surface area is 171 Å². The second-order valence-electron chi connectivity index (χ2n) is 3.52. The van der Waals surface area contributed by atoms with Gasteiger partial charge in [0, 0.05) is 22.5 Å². The third kappa shape index (κ3) is 6.13. The van der Waals surface area contributed by atoms with E-state index in [0.29, 0.717) is 3.57 Å². The summed E-state index contributed by atoms with van der Waals surface area (Å²) in [6.07, 6.45) is 0. The summed E-state index contributed by atoms with van der Waals surface area (Å²) < 4.78 is 3.86. The minimum absolute atomic E-state index is 0.178. The molecule has 4 nitrogen and oxygen atoms in total. The Kier molecular flexibility index (Phi) is 8.25. The number of rotatable bonds is 1. The van der Waals surface area contributed by atoms with Crippen molar-refractivity contribution >= 4 is 102 Å². The predicted octanol–water partition coefficient (Wildman–Crippen LogP) is 5.28. The maximum absolute atomic E-state index is 10.4. The number of halogens is 4. The van der Waals surface area contributed by atoms with Crippen LogP contribution in [0.3, 0.4) is 0 Å². The Morgan fingerprint density at radius 3 is 1.80 bits per heavy atom. The van der Waals surface area contributed by atoms with Gasteiger partial charge in [-0.1, -0.05) is 0 Å². The van der Waals surface area contributed by atoms with Crippen molar-refractivity contribution in [2.24, 2.45) is 0 Å². The average Bonchev–Trinajstić information content (AvgIpc) is 2.38. The van der Waals surface area contributed by atoms with Gasteiger partial charge in [-0.2, -0.15) is 0 Å². The molecule has 2 N–H and O–H groups in total. The van der Waals surface area contributed by atoms with Crippen molar-refractivity contribution in [1.82, 2.24) is 0 Å². The van der Waals surface area contributed by atoms with Gasteiger partial charge < -0.3 is 5.73 Å². The van der Waals surface area contributed by atoms with Crippen LogP contribution in [-0.2, 0) is 0 Å². The summed E-state index contributed by atoms with van der Waals surface area (Å²) in [6.45, 7) is 0. The lowest BCUT2D eigenvalue weighted by molar-refractivity contribution is -0.385. The zero-order chi connectivity index (χ0) is 15.3. The molecule has 0 aromatic heterocycles. The van der Waals surface area contributed by atoms with Crippen molar-refractivity contribution in [2.45, 2.75) is 0 Å². The molecule has 8 heteroatoms. The van der Waals surface area contributed by atoms with Gasteiger partial charge in [-0.3, -0.25) is 10.1 Å².